The van der Waals surface area contributed by atoms with Gasteiger partial charge in [-0.05, 0) is 25.3 Å². The maximum absolute atomic E-state index is 11.6. The molecule has 1 atom stereocenters. The van der Waals surface area contributed by atoms with Crippen LogP contribution in [0.1, 0.15) is 44.2 Å². The normalized spacial score (nSPS) is 16.1. The summed E-state index contributed by atoms with van der Waals surface area (Å²) in [6.07, 6.45) is 3.60. The highest BCUT2D eigenvalue weighted by Crippen LogP contribution is 2.25. The molecule has 1 aromatic carbocycles. The van der Waals surface area contributed by atoms with Crippen LogP contribution in [-0.4, -0.2) is 23.6 Å². The summed E-state index contributed by atoms with van der Waals surface area (Å²) in [5, 5.41) is 16.1. The fourth-order valence-electron chi connectivity index (χ4n) is 2.14. The number of hydrogen-bond donors (Lipinski definition) is 3. The van der Waals surface area contributed by atoms with Gasteiger partial charge in [0.2, 0.25) is 5.91 Å². The Bertz CT molecular complexity index is 430. The molecule has 104 valence electrons. The van der Waals surface area contributed by atoms with E-state index in [1.807, 2.05) is 18.2 Å². The van der Waals surface area contributed by atoms with Crippen LogP contribution in [-0.2, 0) is 4.79 Å². The third-order valence-corrected chi connectivity index (χ3v) is 3.41. The molecule has 4 nitrogen and oxygen atoms in total. The third-order valence-electron chi connectivity index (χ3n) is 3.41. The van der Waals surface area contributed by atoms with Crippen LogP contribution in [0.3, 0.4) is 0 Å². The van der Waals surface area contributed by atoms with Crippen LogP contribution in [0.5, 0.6) is 5.75 Å². The first-order valence-electron chi connectivity index (χ1n) is 7.01. The van der Waals surface area contributed by atoms with Gasteiger partial charge in [0.05, 0.1) is 0 Å². The zero-order valence-electron chi connectivity index (χ0n) is 11.4. The third kappa shape index (κ3) is 4.24. The first kappa shape index (κ1) is 13.9. The largest absolute Gasteiger partial charge is 0.508 e. The molecule has 19 heavy (non-hydrogen) atoms. The van der Waals surface area contributed by atoms with Gasteiger partial charge in [0.15, 0.2) is 0 Å². The lowest BCUT2D eigenvalue weighted by atomic mass is 10.0. The van der Waals surface area contributed by atoms with E-state index in [1.54, 1.807) is 6.07 Å². The van der Waals surface area contributed by atoms with Gasteiger partial charge in [0.25, 0.3) is 0 Å². The van der Waals surface area contributed by atoms with E-state index < -0.39 is 0 Å². The van der Waals surface area contributed by atoms with Crippen molar-refractivity contribution in [1.29, 1.82) is 0 Å². The standard InChI is InChI=1S/C15H22N2O2/c1-2-13(12-5-3-4-6-14(12)18)16-10-9-15(19)17-11-7-8-11/h3-6,11,13,16,18H,2,7-10H2,1H3,(H,17,19). The first-order valence-corrected chi connectivity index (χ1v) is 7.01. The van der Waals surface area contributed by atoms with Gasteiger partial charge in [-0.25, -0.2) is 0 Å². The van der Waals surface area contributed by atoms with Crippen LogP contribution in [0.25, 0.3) is 0 Å². The average molecular weight is 262 g/mol. The highest BCUT2D eigenvalue weighted by molar-refractivity contribution is 5.76. The maximum atomic E-state index is 11.6. The minimum Gasteiger partial charge on any atom is -0.508 e. The Morgan fingerprint density at radius 2 is 2.16 bits per heavy atom. The molecule has 1 fully saturated rings. The number of phenols is 1. The van der Waals surface area contributed by atoms with Crippen LogP contribution >= 0.6 is 0 Å². The van der Waals surface area contributed by atoms with Crippen molar-refractivity contribution in [2.45, 2.75) is 44.7 Å². The van der Waals surface area contributed by atoms with Crippen molar-refractivity contribution in [3.05, 3.63) is 29.8 Å². The SMILES string of the molecule is CCC(NCCC(=O)NC1CC1)c1ccccc1O. The number of hydrogen-bond acceptors (Lipinski definition) is 3. The molecule has 0 bridgehead atoms. The number of carbonyl (C=O) groups is 1. The molecule has 1 aliphatic rings. The predicted octanol–water partition coefficient (Wildman–Crippen LogP) is 2.10. The number of para-hydroxylation sites is 1. The maximum Gasteiger partial charge on any atom is 0.221 e. The monoisotopic (exact) mass is 262 g/mol. The minimum atomic E-state index is 0.0925. The van der Waals surface area contributed by atoms with Crippen molar-refractivity contribution in [2.24, 2.45) is 0 Å². The second-order valence-corrected chi connectivity index (χ2v) is 5.07. The van der Waals surface area contributed by atoms with E-state index in [1.165, 1.54) is 0 Å². The summed E-state index contributed by atoms with van der Waals surface area (Å²) in [5.41, 5.74) is 0.896. The molecule has 0 saturated heterocycles. The fraction of sp³-hybridized carbons (Fsp3) is 0.533. The van der Waals surface area contributed by atoms with E-state index in [4.69, 9.17) is 0 Å². The Hall–Kier alpha value is -1.55. The average Bonchev–Trinajstić information content (AvgIpc) is 3.20. The van der Waals surface area contributed by atoms with Gasteiger partial charge in [-0.2, -0.15) is 0 Å². The van der Waals surface area contributed by atoms with Crippen molar-refractivity contribution in [2.75, 3.05) is 6.54 Å². The lowest BCUT2D eigenvalue weighted by molar-refractivity contribution is -0.121. The lowest BCUT2D eigenvalue weighted by Gasteiger charge is -2.18. The molecule has 1 unspecified atom stereocenters. The smallest absolute Gasteiger partial charge is 0.221 e. The van der Waals surface area contributed by atoms with Gasteiger partial charge < -0.3 is 15.7 Å². The van der Waals surface area contributed by atoms with Gasteiger partial charge in [0, 0.05) is 30.6 Å². The summed E-state index contributed by atoms with van der Waals surface area (Å²) in [7, 11) is 0. The Kier molecular flexibility index (Phi) is 4.80. The van der Waals surface area contributed by atoms with Gasteiger partial charge >= 0.3 is 0 Å². The number of rotatable bonds is 7. The van der Waals surface area contributed by atoms with Gasteiger partial charge in [0.1, 0.15) is 5.75 Å². The van der Waals surface area contributed by atoms with Crippen LogP contribution in [0, 0.1) is 0 Å². The Balaban J connectivity index is 1.79. The molecule has 1 saturated carbocycles. The number of carbonyl (C=O) groups excluding carboxylic acids is 1. The minimum absolute atomic E-state index is 0.0925. The summed E-state index contributed by atoms with van der Waals surface area (Å²) in [5.74, 6) is 0.423. The molecular weight excluding hydrogens is 240 g/mol. The molecule has 0 heterocycles. The highest BCUT2D eigenvalue weighted by Gasteiger charge is 2.23. The quantitative estimate of drug-likeness (QED) is 0.705. The fourth-order valence-corrected chi connectivity index (χ4v) is 2.14. The Labute approximate surface area is 114 Å². The molecule has 4 heteroatoms. The summed E-state index contributed by atoms with van der Waals surface area (Å²) >= 11 is 0. The number of nitrogens with one attached hydrogen (secondary N) is 2. The van der Waals surface area contributed by atoms with Crippen molar-refractivity contribution in [1.82, 2.24) is 10.6 Å². The second-order valence-electron chi connectivity index (χ2n) is 5.07. The summed E-state index contributed by atoms with van der Waals surface area (Å²) in [4.78, 5) is 11.6. The number of amides is 1. The number of aromatic hydroxyl groups is 1. The molecule has 1 aromatic rings. The van der Waals surface area contributed by atoms with Gasteiger partial charge in [-0.3, -0.25) is 4.79 Å². The molecule has 2 rings (SSSR count). The predicted molar refractivity (Wildman–Crippen MR) is 74.9 cm³/mol. The van der Waals surface area contributed by atoms with E-state index in [9.17, 15) is 9.90 Å². The van der Waals surface area contributed by atoms with E-state index in [0.717, 1.165) is 24.8 Å². The van der Waals surface area contributed by atoms with Crippen molar-refractivity contribution in [3.63, 3.8) is 0 Å². The first-order chi connectivity index (χ1) is 9.20. The van der Waals surface area contributed by atoms with Gasteiger partial charge in [-0.1, -0.05) is 25.1 Å². The second kappa shape index (κ2) is 6.57. The van der Waals surface area contributed by atoms with E-state index in [2.05, 4.69) is 17.6 Å². The van der Waals surface area contributed by atoms with Crippen LogP contribution < -0.4 is 10.6 Å². The van der Waals surface area contributed by atoms with Crippen LogP contribution in [0.15, 0.2) is 24.3 Å². The summed E-state index contributed by atoms with van der Waals surface area (Å²) in [6, 6.07) is 7.86. The molecule has 1 aliphatic carbocycles. The molecule has 0 aromatic heterocycles. The van der Waals surface area contributed by atoms with E-state index in [-0.39, 0.29) is 11.9 Å². The molecule has 0 aliphatic heterocycles. The highest BCUT2D eigenvalue weighted by atomic mass is 16.3. The van der Waals surface area contributed by atoms with Crippen molar-refractivity contribution in [3.8, 4) is 5.75 Å². The zero-order chi connectivity index (χ0) is 13.7. The van der Waals surface area contributed by atoms with E-state index in [0.29, 0.717) is 24.8 Å². The molecular formula is C15H22N2O2. The lowest BCUT2D eigenvalue weighted by Crippen LogP contribution is -2.30. The summed E-state index contributed by atoms with van der Waals surface area (Å²) < 4.78 is 0. The molecule has 3 N–H and O–H groups in total. The topological polar surface area (TPSA) is 61.4 Å². The number of benzene rings is 1. The number of phenolic OH excluding ortho intramolecular Hbond substituents is 1. The van der Waals surface area contributed by atoms with Crippen molar-refractivity contribution < 1.29 is 9.90 Å². The Morgan fingerprint density at radius 1 is 1.42 bits per heavy atom. The van der Waals surface area contributed by atoms with Gasteiger partial charge in [-0.15, -0.1) is 0 Å². The van der Waals surface area contributed by atoms with E-state index >= 15 is 0 Å². The molecule has 0 radical (unpaired) electrons. The van der Waals surface area contributed by atoms with Crippen LogP contribution in [0.2, 0.25) is 0 Å². The molecule has 1 amide bonds. The zero-order valence-corrected chi connectivity index (χ0v) is 11.4. The molecule has 0 spiro atoms. The summed E-state index contributed by atoms with van der Waals surface area (Å²) in [6.45, 7) is 2.69. The van der Waals surface area contributed by atoms with Crippen molar-refractivity contribution >= 4 is 5.91 Å². The van der Waals surface area contributed by atoms with Crippen LogP contribution in [0.4, 0.5) is 0 Å². The Morgan fingerprint density at radius 3 is 2.79 bits per heavy atom.